The number of nitrogens with zero attached hydrogens (tertiary/aromatic N) is 1. The number of hydrogen-bond acceptors (Lipinski definition) is 2. The topological polar surface area (TPSA) is 26.0 Å². The van der Waals surface area contributed by atoms with Gasteiger partial charge in [0, 0.05) is 21.3 Å². The molecule has 2 nitrogen and oxygen atoms in total. The fourth-order valence-electron chi connectivity index (χ4n) is 1.02. The Kier molecular flexibility index (Phi) is 2.19. The van der Waals surface area contributed by atoms with Gasteiger partial charge in [0.15, 0.2) is 5.58 Å². The Bertz CT molecular complexity index is 410. The lowest BCUT2D eigenvalue weighted by Crippen LogP contribution is -1.75. The molecule has 0 aliphatic rings. The van der Waals surface area contributed by atoms with Crippen molar-refractivity contribution < 1.29 is 4.42 Å². The summed E-state index contributed by atoms with van der Waals surface area (Å²) in [4.78, 5) is 4.65. The summed E-state index contributed by atoms with van der Waals surface area (Å²) < 4.78 is 5.30. The summed E-state index contributed by atoms with van der Waals surface area (Å²) in [5.41, 5.74) is 2.89. The number of alkyl halides is 1. The molecule has 1 heterocycles. The summed E-state index contributed by atoms with van der Waals surface area (Å²) in [6.45, 7) is 0. The third-order valence-corrected chi connectivity index (χ3v) is 2.57. The molecule has 0 saturated carbocycles. The second-order valence-electron chi connectivity index (χ2n) is 2.40. The van der Waals surface area contributed by atoms with Crippen LogP contribution in [0.15, 0.2) is 27.4 Å². The number of aromatic nitrogens is 1. The van der Waals surface area contributed by atoms with Crippen LogP contribution < -0.4 is 0 Å². The summed E-state index contributed by atoms with van der Waals surface area (Å²) in [6.07, 6.45) is 0. The number of halogens is 2. The Morgan fingerprint density at radius 1 is 1.42 bits per heavy atom. The lowest BCUT2D eigenvalue weighted by molar-refractivity contribution is 0.570. The Labute approximate surface area is 86.2 Å². The quantitative estimate of drug-likeness (QED) is 0.752. The molecule has 4 heteroatoms. The predicted octanol–water partition coefficient (Wildman–Crippen LogP) is 3.49. The summed E-state index contributed by atoms with van der Waals surface area (Å²) in [5, 5.41) is 0.835. The van der Waals surface area contributed by atoms with Crippen molar-refractivity contribution in [3.05, 3.63) is 28.6 Å². The van der Waals surface area contributed by atoms with E-state index in [0.29, 0.717) is 4.80 Å². The zero-order valence-corrected chi connectivity index (χ0v) is 9.22. The van der Waals surface area contributed by atoms with Gasteiger partial charge in [-0.25, -0.2) is 4.98 Å². The first-order chi connectivity index (χ1) is 5.79. The first-order valence-electron chi connectivity index (χ1n) is 3.40. The molecular formula is C8H5Br2NO. The van der Waals surface area contributed by atoms with E-state index in [-0.39, 0.29) is 0 Å². The van der Waals surface area contributed by atoms with E-state index in [1.807, 2.05) is 18.2 Å². The molecule has 0 saturated heterocycles. The maximum Gasteiger partial charge on any atom is 0.265 e. The average molecular weight is 291 g/mol. The number of fused-ring (bicyclic) bond motifs is 1. The van der Waals surface area contributed by atoms with Crippen LogP contribution in [-0.4, -0.2) is 4.98 Å². The van der Waals surface area contributed by atoms with Crippen LogP contribution in [0.3, 0.4) is 0 Å². The molecule has 2 rings (SSSR count). The Morgan fingerprint density at radius 3 is 3.00 bits per heavy atom. The molecule has 0 spiro atoms. The maximum absolute atomic E-state index is 5.30. The minimum Gasteiger partial charge on any atom is -0.431 e. The van der Waals surface area contributed by atoms with E-state index in [0.717, 1.165) is 16.4 Å². The smallest absolute Gasteiger partial charge is 0.265 e. The lowest BCUT2D eigenvalue weighted by atomic mass is 10.2. The van der Waals surface area contributed by atoms with E-state index in [4.69, 9.17) is 4.42 Å². The molecule has 0 atom stereocenters. The zero-order chi connectivity index (χ0) is 8.55. The first kappa shape index (κ1) is 8.26. The highest BCUT2D eigenvalue weighted by molar-refractivity contribution is 9.10. The van der Waals surface area contributed by atoms with Gasteiger partial charge < -0.3 is 4.42 Å². The van der Waals surface area contributed by atoms with Gasteiger partial charge in [-0.1, -0.05) is 22.0 Å². The number of oxazole rings is 1. The zero-order valence-electron chi connectivity index (χ0n) is 6.05. The van der Waals surface area contributed by atoms with Crippen molar-refractivity contribution >= 4 is 43.0 Å². The van der Waals surface area contributed by atoms with E-state index in [1.54, 1.807) is 0 Å². The van der Waals surface area contributed by atoms with Crippen molar-refractivity contribution in [1.82, 2.24) is 4.98 Å². The van der Waals surface area contributed by atoms with Crippen LogP contribution >= 0.6 is 31.9 Å². The molecule has 0 N–H and O–H groups in total. The summed E-state index contributed by atoms with van der Waals surface area (Å²) in [5.74, 6) is 0. The normalized spacial score (nSPS) is 10.8. The van der Waals surface area contributed by atoms with Crippen LogP contribution in [-0.2, 0) is 5.33 Å². The van der Waals surface area contributed by atoms with Crippen LogP contribution in [0.1, 0.15) is 5.56 Å². The average Bonchev–Trinajstić information content (AvgIpc) is 2.43. The molecule has 0 amide bonds. The highest BCUT2D eigenvalue weighted by Gasteiger charge is 2.02. The van der Waals surface area contributed by atoms with Crippen molar-refractivity contribution in [2.75, 3.05) is 0 Å². The molecule has 2 aromatic rings. The summed E-state index contributed by atoms with van der Waals surface area (Å²) >= 11 is 6.56. The SMILES string of the molecule is BrCc1ccc2nc(Br)oc2c1. The molecule has 0 fully saturated rings. The van der Waals surface area contributed by atoms with Gasteiger partial charge in [-0.2, -0.15) is 0 Å². The summed E-state index contributed by atoms with van der Waals surface area (Å²) in [7, 11) is 0. The first-order valence-corrected chi connectivity index (χ1v) is 5.32. The van der Waals surface area contributed by atoms with E-state index in [9.17, 15) is 0 Å². The van der Waals surface area contributed by atoms with Gasteiger partial charge in [0.2, 0.25) is 0 Å². The predicted molar refractivity (Wildman–Crippen MR) is 54.3 cm³/mol. The molecular weight excluding hydrogens is 286 g/mol. The highest BCUT2D eigenvalue weighted by atomic mass is 79.9. The molecule has 62 valence electrons. The van der Waals surface area contributed by atoms with Gasteiger partial charge >= 0.3 is 0 Å². The molecule has 12 heavy (non-hydrogen) atoms. The second-order valence-corrected chi connectivity index (χ2v) is 3.64. The molecule has 0 aliphatic carbocycles. The van der Waals surface area contributed by atoms with Crippen molar-refractivity contribution in [2.24, 2.45) is 0 Å². The Morgan fingerprint density at radius 2 is 2.25 bits per heavy atom. The van der Waals surface area contributed by atoms with Gasteiger partial charge in [-0.15, -0.1) is 0 Å². The van der Waals surface area contributed by atoms with Crippen molar-refractivity contribution in [1.29, 1.82) is 0 Å². The van der Waals surface area contributed by atoms with Crippen LogP contribution in [0.2, 0.25) is 0 Å². The van der Waals surface area contributed by atoms with Gasteiger partial charge in [0.1, 0.15) is 5.52 Å². The fourth-order valence-corrected chi connectivity index (χ4v) is 1.74. The van der Waals surface area contributed by atoms with Crippen LogP contribution in [0.25, 0.3) is 11.1 Å². The maximum atomic E-state index is 5.30. The Balaban J connectivity index is 2.66. The molecule has 0 bridgehead atoms. The van der Waals surface area contributed by atoms with E-state index >= 15 is 0 Å². The van der Waals surface area contributed by atoms with Crippen molar-refractivity contribution in [3.8, 4) is 0 Å². The molecule has 0 radical (unpaired) electrons. The minimum absolute atomic E-state index is 0.532. The standard InChI is InChI=1S/C8H5Br2NO/c9-4-5-1-2-6-7(3-5)12-8(10)11-6/h1-3H,4H2. The highest BCUT2D eigenvalue weighted by Crippen LogP contribution is 2.21. The van der Waals surface area contributed by atoms with Gasteiger partial charge in [0.25, 0.3) is 4.80 Å². The second kappa shape index (κ2) is 3.18. The third kappa shape index (κ3) is 1.41. The van der Waals surface area contributed by atoms with Gasteiger partial charge in [-0.05, 0) is 17.7 Å². The van der Waals surface area contributed by atoms with E-state index in [2.05, 4.69) is 36.8 Å². The number of benzene rings is 1. The largest absolute Gasteiger partial charge is 0.431 e. The van der Waals surface area contributed by atoms with Gasteiger partial charge in [-0.3, -0.25) is 0 Å². The molecule has 0 unspecified atom stereocenters. The molecule has 0 aliphatic heterocycles. The monoisotopic (exact) mass is 289 g/mol. The minimum atomic E-state index is 0.532. The van der Waals surface area contributed by atoms with Crippen LogP contribution in [0.4, 0.5) is 0 Å². The number of hydrogen-bond donors (Lipinski definition) is 0. The van der Waals surface area contributed by atoms with Gasteiger partial charge in [0.05, 0.1) is 0 Å². The molecule has 1 aromatic heterocycles. The van der Waals surface area contributed by atoms with Crippen molar-refractivity contribution in [3.63, 3.8) is 0 Å². The Hall–Kier alpha value is -0.350. The molecule has 1 aromatic carbocycles. The third-order valence-electron chi connectivity index (χ3n) is 1.58. The van der Waals surface area contributed by atoms with Crippen LogP contribution in [0.5, 0.6) is 0 Å². The lowest BCUT2D eigenvalue weighted by Gasteiger charge is -1.91. The van der Waals surface area contributed by atoms with E-state index < -0.39 is 0 Å². The van der Waals surface area contributed by atoms with Crippen molar-refractivity contribution in [2.45, 2.75) is 5.33 Å². The summed E-state index contributed by atoms with van der Waals surface area (Å²) in [6, 6.07) is 5.94. The van der Waals surface area contributed by atoms with E-state index in [1.165, 1.54) is 5.56 Å². The number of rotatable bonds is 1. The van der Waals surface area contributed by atoms with Crippen LogP contribution in [0, 0.1) is 0 Å². The fraction of sp³-hybridized carbons (Fsp3) is 0.125.